The molecule has 0 unspecified atom stereocenters. The lowest BCUT2D eigenvalue weighted by Crippen LogP contribution is -2.20. The fourth-order valence-corrected chi connectivity index (χ4v) is 2.63. The first-order chi connectivity index (χ1) is 11.6. The van der Waals surface area contributed by atoms with Gasteiger partial charge in [0, 0.05) is 17.8 Å². The molecule has 124 valence electrons. The van der Waals surface area contributed by atoms with E-state index >= 15 is 0 Å². The highest BCUT2D eigenvalue weighted by molar-refractivity contribution is 5.88. The Hall–Kier alpha value is -2.89. The molecule has 0 fully saturated rings. The van der Waals surface area contributed by atoms with Crippen LogP contribution in [0.1, 0.15) is 22.8 Å². The van der Waals surface area contributed by atoms with Gasteiger partial charge >= 0.3 is 0 Å². The standard InChI is InChI=1S/C18H21N5O/c1-13-8-9-14(2)23(13)12-17(24)20-18-19-16(21-22-18)11-10-15-6-4-3-5-7-15/h3-9H,10-12H2,1-2H3,(H2,19,20,21,22,24). The number of nitrogens with one attached hydrogen (secondary N) is 2. The Bertz CT molecular complexity index is 800. The number of aromatic nitrogens is 4. The van der Waals surface area contributed by atoms with E-state index in [2.05, 4.69) is 32.6 Å². The van der Waals surface area contributed by atoms with Crippen LogP contribution >= 0.6 is 0 Å². The van der Waals surface area contributed by atoms with Gasteiger partial charge in [0.05, 0.1) is 0 Å². The summed E-state index contributed by atoms with van der Waals surface area (Å²) in [4.78, 5) is 16.5. The van der Waals surface area contributed by atoms with Gasteiger partial charge in [0.1, 0.15) is 12.4 Å². The number of hydrogen-bond donors (Lipinski definition) is 2. The SMILES string of the molecule is Cc1ccc(C)n1CC(=O)Nc1n[nH]c(CCc2ccccc2)n1. The van der Waals surface area contributed by atoms with Crippen LogP contribution in [0.25, 0.3) is 0 Å². The molecule has 1 amide bonds. The van der Waals surface area contributed by atoms with E-state index < -0.39 is 0 Å². The van der Waals surface area contributed by atoms with Gasteiger partial charge in [-0.1, -0.05) is 30.3 Å². The summed E-state index contributed by atoms with van der Waals surface area (Å²) < 4.78 is 1.96. The molecule has 0 saturated carbocycles. The predicted octanol–water partition coefficient (Wildman–Crippen LogP) is 2.65. The van der Waals surface area contributed by atoms with E-state index in [-0.39, 0.29) is 12.5 Å². The van der Waals surface area contributed by atoms with E-state index in [1.54, 1.807) is 0 Å². The van der Waals surface area contributed by atoms with Crippen molar-refractivity contribution in [1.29, 1.82) is 0 Å². The van der Waals surface area contributed by atoms with Crippen molar-refractivity contribution in [3.63, 3.8) is 0 Å². The molecule has 6 nitrogen and oxygen atoms in total. The molecular weight excluding hydrogens is 302 g/mol. The number of H-pyrrole nitrogens is 1. The summed E-state index contributed by atoms with van der Waals surface area (Å²) in [5.41, 5.74) is 3.36. The van der Waals surface area contributed by atoms with E-state index in [0.717, 1.165) is 30.1 Å². The zero-order valence-electron chi connectivity index (χ0n) is 13.9. The smallest absolute Gasteiger partial charge is 0.248 e. The zero-order chi connectivity index (χ0) is 16.9. The Balaban J connectivity index is 1.55. The molecule has 0 radical (unpaired) electrons. The third kappa shape index (κ3) is 3.90. The van der Waals surface area contributed by atoms with Gasteiger partial charge in [0.2, 0.25) is 11.9 Å². The van der Waals surface area contributed by atoms with Crippen molar-refractivity contribution in [2.45, 2.75) is 33.2 Å². The second kappa shape index (κ2) is 7.12. The first-order valence-electron chi connectivity index (χ1n) is 7.99. The third-order valence-corrected chi connectivity index (χ3v) is 4.00. The minimum Gasteiger partial charge on any atom is -0.340 e. The van der Waals surface area contributed by atoms with E-state index in [1.165, 1.54) is 5.56 Å². The van der Waals surface area contributed by atoms with Gasteiger partial charge in [0.15, 0.2) is 0 Å². The zero-order valence-corrected chi connectivity index (χ0v) is 13.9. The number of carbonyl (C=O) groups is 1. The van der Waals surface area contributed by atoms with Gasteiger partial charge in [-0.15, -0.1) is 5.10 Å². The minimum absolute atomic E-state index is 0.133. The number of aromatic amines is 1. The maximum atomic E-state index is 12.1. The molecule has 0 bridgehead atoms. The Morgan fingerprint density at radius 3 is 2.50 bits per heavy atom. The van der Waals surface area contributed by atoms with Gasteiger partial charge in [-0.25, -0.2) is 0 Å². The van der Waals surface area contributed by atoms with Crippen molar-refractivity contribution in [3.05, 3.63) is 65.2 Å². The fourth-order valence-electron chi connectivity index (χ4n) is 2.63. The molecular formula is C18H21N5O. The molecule has 2 aromatic heterocycles. The fraction of sp³-hybridized carbons (Fsp3) is 0.278. The van der Waals surface area contributed by atoms with Crippen LogP contribution in [0.2, 0.25) is 0 Å². The quantitative estimate of drug-likeness (QED) is 0.732. The summed E-state index contributed by atoms with van der Waals surface area (Å²) in [5.74, 6) is 0.957. The van der Waals surface area contributed by atoms with Crippen molar-refractivity contribution in [1.82, 2.24) is 19.7 Å². The Kier molecular flexibility index (Phi) is 4.74. The van der Waals surface area contributed by atoms with Crippen LogP contribution in [0.4, 0.5) is 5.95 Å². The number of aryl methyl sites for hydroxylation is 4. The summed E-state index contributed by atoms with van der Waals surface area (Å²) in [6, 6.07) is 14.2. The number of benzene rings is 1. The summed E-state index contributed by atoms with van der Waals surface area (Å²) in [5, 5.41) is 9.69. The van der Waals surface area contributed by atoms with Crippen molar-refractivity contribution in [3.8, 4) is 0 Å². The first kappa shape index (κ1) is 16.0. The topological polar surface area (TPSA) is 75.6 Å². The van der Waals surface area contributed by atoms with Crippen LogP contribution in [-0.2, 0) is 24.2 Å². The van der Waals surface area contributed by atoms with Crippen molar-refractivity contribution in [2.75, 3.05) is 5.32 Å². The molecule has 6 heteroatoms. The largest absolute Gasteiger partial charge is 0.340 e. The van der Waals surface area contributed by atoms with Gasteiger partial charge in [-0.05, 0) is 38.0 Å². The van der Waals surface area contributed by atoms with Crippen LogP contribution in [0.5, 0.6) is 0 Å². The lowest BCUT2D eigenvalue weighted by molar-refractivity contribution is -0.116. The number of rotatable bonds is 6. The minimum atomic E-state index is -0.133. The molecule has 0 atom stereocenters. The second-order valence-corrected chi connectivity index (χ2v) is 5.84. The normalized spacial score (nSPS) is 10.8. The van der Waals surface area contributed by atoms with Crippen molar-refractivity contribution >= 4 is 11.9 Å². The number of nitrogens with zero attached hydrogens (tertiary/aromatic N) is 3. The lowest BCUT2D eigenvalue weighted by Gasteiger charge is -2.08. The highest BCUT2D eigenvalue weighted by atomic mass is 16.2. The molecule has 0 aliphatic carbocycles. The average molecular weight is 323 g/mol. The number of carbonyl (C=O) groups excluding carboxylic acids is 1. The highest BCUT2D eigenvalue weighted by Crippen LogP contribution is 2.08. The van der Waals surface area contributed by atoms with Crippen LogP contribution in [-0.4, -0.2) is 25.7 Å². The van der Waals surface area contributed by atoms with Crippen LogP contribution in [0.15, 0.2) is 42.5 Å². The molecule has 0 spiro atoms. The molecule has 24 heavy (non-hydrogen) atoms. The summed E-state index contributed by atoms with van der Waals surface area (Å²) in [7, 11) is 0. The monoisotopic (exact) mass is 323 g/mol. The predicted molar refractivity (Wildman–Crippen MR) is 92.8 cm³/mol. The number of anilines is 1. The van der Waals surface area contributed by atoms with Crippen LogP contribution < -0.4 is 5.32 Å². The Labute approximate surface area is 140 Å². The Morgan fingerprint density at radius 1 is 1.08 bits per heavy atom. The van der Waals surface area contributed by atoms with Crippen molar-refractivity contribution in [2.24, 2.45) is 0 Å². The average Bonchev–Trinajstić information content (AvgIpc) is 3.15. The van der Waals surface area contributed by atoms with Gasteiger partial charge < -0.3 is 4.57 Å². The second-order valence-electron chi connectivity index (χ2n) is 5.84. The molecule has 1 aromatic carbocycles. The van der Waals surface area contributed by atoms with Gasteiger partial charge in [-0.2, -0.15) is 4.98 Å². The molecule has 3 rings (SSSR count). The van der Waals surface area contributed by atoms with E-state index in [0.29, 0.717) is 5.95 Å². The summed E-state index contributed by atoms with van der Waals surface area (Å²) in [6.45, 7) is 4.22. The maximum absolute atomic E-state index is 12.1. The van der Waals surface area contributed by atoms with Gasteiger partial charge in [0.25, 0.3) is 0 Å². The number of amides is 1. The lowest BCUT2D eigenvalue weighted by atomic mass is 10.1. The molecule has 0 aliphatic heterocycles. The highest BCUT2D eigenvalue weighted by Gasteiger charge is 2.10. The summed E-state index contributed by atoms with van der Waals surface area (Å²) >= 11 is 0. The van der Waals surface area contributed by atoms with Crippen LogP contribution in [0.3, 0.4) is 0 Å². The molecule has 0 saturated heterocycles. The number of hydrogen-bond acceptors (Lipinski definition) is 3. The molecule has 2 heterocycles. The summed E-state index contributed by atoms with van der Waals surface area (Å²) in [6.07, 6.45) is 1.63. The molecule has 0 aliphatic rings. The maximum Gasteiger partial charge on any atom is 0.248 e. The van der Waals surface area contributed by atoms with Crippen LogP contribution in [0, 0.1) is 13.8 Å². The van der Waals surface area contributed by atoms with Crippen molar-refractivity contribution < 1.29 is 4.79 Å². The van der Waals surface area contributed by atoms with E-state index in [1.807, 2.05) is 48.7 Å². The molecule has 2 N–H and O–H groups in total. The molecule has 3 aromatic rings. The Morgan fingerprint density at radius 2 is 1.79 bits per heavy atom. The third-order valence-electron chi connectivity index (χ3n) is 4.00. The van der Waals surface area contributed by atoms with E-state index in [4.69, 9.17) is 0 Å². The van der Waals surface area contributed by atoms with E-state index in [9.17, 15) is 4.79 Å². The van der Waals surface area contributed by atoms with Gasteiger partial charge in [-0.3, -0.25) is 15.2 Å². The first-order valence-corrected chi connectivity index (χ1v) is 7.99.